The summed E-state index contributed by atoms with van der Waals surface area (Å²) in [6.07, 6.45) is 47.3. The van der Waals surface area contributed by atoms with Gasteiger partial charge in [0.05, 0.1) is 83.2 Å². The maximum Gasteiger partial charge on any atom is 0.358 e. The first-order valence-corrected chi connectivity index (χ1v) is 47.5. The minimum Gasteiger partial charge on any atom is -0.497 e. The number of imidazole rings is 2. The summed E-state index contributed by atoms with van der Waals surface area (Å²) in [6, 6.07) is 36.5. The Morgan fingerprint density at radius 1 is 0.402 bits per heavy atom. The molecular weight excluding hydrogens is 1580 g/mol. The van der Waals surface area contributed by atoms with Crippen molar-refractivity contribution in [2.75, 3.05) is 71.5 Å². The molecule has 2 amide bonds. The molecular formula is C96H132N10O14S2. The number of anilines is 2. The van der Waals surface area contributed by atoms with Crippen LogP contribution in [0.15, 0.2) is 184 Å². The summed E-state index contributed by atoms with van der Waals surface area (Å²) in [5.74, 6) is 2.21. The Labute approximate surface area is 725 Å². The average Bonchev–Trinajstić information content (AvgIpc) is 1.09. The lowest BCUT2D eigenvalue weighted by molar-refractivity contribution is -0.118. The van der Waals surface area contributed by atoms with Crippen molar-refractivity contribution in [3.8, 4) is 34.5 Å². The van der Waals surface area contributed by atoms with Crippen molar-refractivity contribution < 1.29 is 64.4 Å². The average molecular weight is 1710 g/mol. The topological polar surface area (TPSA) is 275 Å². The van der Waals surface area contributed by atoms with Crippen molar-refractivity contribution in [3.05, 3.63) is 182 Å². The highest BCUT2D eigenvalue weighted by Crippen LogP contribution is 2.40. The quantitative estimate of drug-likeness (QED) is 0.0265. The van der Waals surface area contributed by atoms with Crippen molar-refractivity contribution in [1.82, 2.24) is 27.7 Å². The fraction of sp³-hybridized carbons (Fsp3) is 0.510. The highest BCUT2D eigenvalue weighted by molar-refractivity contribution is 7.90. The van der Waals surface area contributed by atoms with E-state index in [0.717, 1.165) is 73.3 Å². The number of carbonyl (C=O) groups excluding carboxylic acids is 3. The number of rotatable bonds is 57. The highest BCUT2D eigenvalue weighted by atomic mass is 32.2. The van der Waals surface area contributed by atoms with Gasteiger partial charge in [-0.2, -0.15) is 0 Å². The number of aliphatic imine (C=N–C) groups is 2. The van der Waals surface area contributed by atoms with E-state index in [9.17, 15) is 31.2 Å². The van der Waals surface area contributed by atoms with Crippen LogP contribution in [-0.2, 0) is 34.4 Å². The molecule has 2 unspecified atom stereocenters. The van der Waals surface area contributed by atoms with Crippen LogP contribution in [0.25, 0.3) is 0 Å². The van der Waals surface area contributed by atoms with Gasteiger partial charge in [-0.1, -0.05) is 243 Å². The number of hydrogen-bond donors (Lipinski definition) is 2. The number of amidine groups is 2. The largest absolute Gasteiger partial charge is 0.497 e. The van der Waals surface area contributed by atoms with Gasteiger partial charge in [0.15, 0.2) is 29.4 Å². The van der Waals surface area contributed by atoms with Crippen LogP contribution >= 0.6 is 0 Å². The predicted molar refractivity (Wildman–Crippen MR) is 485 cm³/mol. The van der Waals surface area contributed by atoms with E-state index in [-0.39, 0.29) is 45.9 Å². The molecule has 0 spiro atoms. The standard InChI is InChI=1S/C49H67N5O8S.C47H65N5O6S/c1-5-6-7-8-9-10-11-12-13-14-15-16-17-18-19-22-32-54-47(51-41-24-20-21-25-45(41)63(54,57)58)46(53-36-43(50-37-53)49(56)60-4)48(55)52-42-35-38(2)26-31-44(42)62-34-23-33-61-40-29-27-39(59-3)28-30-40;1-4-5-6-7-8-9-10-11-12-13-14-15-16-17-18-21-32-52-46(49-41-23-19-20-24-44(41)59(52,54)55)45(51-33-31-48-37-51)47(53)50-42-36-38(2)25-30-43(42)58-35-22-34-57-40-28-26-39(56-3)27-29-40/h20-21,24-31,35-37,46H,5-19,22-23,32-34H2,1-4H3,(H,52,55);19-20,23-31,33,36-37,45H,4-18,21-22,32,34-35H2,1-3H3,(H,50,53). The minimum atomic E-state index is -4.13. The van der Waals surface area contributed by atoms with Crippen molar-refractivity contribution in [2.24, 2.45) is 9.98 Å². The van der Waals surface area contributed by atoms with E-state index in [1.165, 1.54) is 193 Å². The van der Waals surface area contributed by atoms with Gasteiger partial charge in [-0.3, -0.25) is 18.2 Å². The Kier molecular flexibility index (Phi) is 41.0. The van der Waals surface area contributed by atoms with Crippen LogP contribution in [0.3, 0.4) is 0 Å². The minimum absolute atomic E-state index is 0.00761. The number of nitrogens with one attached hydrogen (secondary N) is 2. The number of fused-ring (bicyclic) bond motifs is 2. The molecule has 6 aromatic carbocycles. The zero-order chi connectivity index (χ0) is 86.6. The SMILES string of the molecule is CCCCCCCCCCCCCCCCCCN1C(C(C(=O)Nc2cc(C)ccc2OCCCOc2ccc(OC)cc2)n2ccnc2)=Nc2ccccc2S1(=O)=O.CCCCCCCCCCCCCCCCCCN1C(C(C(=O)Nc2cc(C)ccc2OCCCOc2ccc(OC)cc2)n2cnc(C(=O)OC)c2)=Nc2ccccc2S1(=O)=O. The van der Waals surface area contributed by atoms with Crippen LogP contribution in [0.4, 0.5) is 22.7 Å². The molecule has 0 bridgehead atoms. The molecule has 0 aliphatic carbocycles. The summed E-state index contributed by atoms with van der Waals surface area (Å²) in [4.78, 5) is 60.2. The number of unbranched alkanes of at least 4 members (excludes halogenated alkanes) is 30. The summed E-state index contributed by atoms with van der Waals surface area (Å²) >= 11 is 0. The van der Waals surface area contributed by atoms with Gasteiger partial charge in [-0.25, -0.2) is 41.6 Å². The highest BCUT2D eigenvalue weighted by Gasteiger charge is 2.43. The first kappa shape index (κ1) is 95.6. The third-order valence-electron chi connectivity index (χ3n) is 21.9. The molecule has 10 rings (SSSR count). The van der Waals surface area contributed by atoms with Crippen molar-refractivity contribution in [1.29, 1.82) is 0 Å². The predicted octanol–water partition coefficient (Wildman–Crippen LogP) is 22.2. The van der Waals surface area contributed by atoms with E-state index in [4.69, 9.17) is 43.1 Å². The second-order valence-corrected chi connectivity index (χ2v) is 35.2. The Hall–Kier alpha value is -10.2. The molecule has 4 heterocycles. The molecule has 0 fully saturated rings. The number of esters is 1. The second kappa shape index (κ2) is 52.3. The summed E-state index contributed by atoms with van der Waals surface area (Å²) in [5.41, 5.74) is 3.13. The molecule has 2 aliphatic heterocycles. The monoisotopic (exact) mass is 1710 g/mol. The second-order valence-electron chi connectivity index (χ2n) is 31.6. The van der Waals surface area contributed by atoms with E-state index in [2.05, 4.69) is 34.4 Å². The number of methoxy groups -OCH3 is 3. The Balaban J connectivity index is 0.000000278. The summed E-state index contributed by atoms with van der Waals surface area (Å²) in [6.45, 7) is 10.2. The van der Waals surface area contributed by atoms with E-state index in [1.807, 2.05) is 86.6 Å². The van der Waals surface area contributed by atoms with E-state index in [0.29, 0.717) is 86.4 Å². The van der Waals surface area contributed by atoms with Gasteiger partial charge in [0, 0.05) is 44.5 Å². The number of aromatic nitrogens is 4. The number of amides is 2. The summed E-state index contributed by atoms with van der Waals surface area (Å²) < 4.78 is 102. The molecule has 2 N–H and O–H groups in total. The fourth-order valence-corrected chi connectivity index (χ4v) is 18.3. The van der Waals surface area contributed by atoms with Crippen LogP contribution in [0.2, 0.25) is 0 Å². The molecule has 0 radical (unpaired) electrons. The van der Waals surface area contributed by atoms with Crippen LogP contribution in [0, 0.1) is 13.8 Å². The smallest absolute Gasteiger partial charge is 0.358 e. The number of ether oxygens (including phenoxy) is 7. The number of nitrogens with zero attached hydrogens (tertiary/aromatic N) is 8. The number of aryl methyl sites for hydroxylation is 2. The van der Waals surface area contributed by atoms with E-state index < -0.39 is 49.9 Å². The zero-order valence-electron chi connectivity index (χ0n) is 73.1. The van der Waals surface area contributed by atoms with E-state index >= 15 is 0 Å². The first-order valence-electron chi connectivity index (χ1n) is 44.6. The van der Waals surface area contributed by atoms with Crippen LogP contribution in [-0.4, -0.2) is 135 Å². The van der Waals surface area contributed by atoms with Crippen LogP contribution in [0.1, 0.15) is 266 Å². The van der Waals surface area contributed by atoms with Gasteiger partial charge in [0.25, 0.3) is 31.9 Å². The molecule has 24 nitrogen and oxygen atoms in total. The lowest BCUT2D eigenvalue weighted by atomic mass is 10.0. The fourth-order valence-electron chi connectivity index (χ4n) is 15.1. The molecule has 662 valence electrons. The van der Waals surface area contributed by atoms with Gasteiger partial charge in [0.1, 0.15) is 44.3 Å². The molecule has 0 saturated heterocycles. The molecule has 122 heavy (non-hydrogen) atoms. The Morgan fingerprint density at radius 3 is 1.11 bits per heavy atom. The lowest BCUT2D eigenvalue weighted by Crippen LogP contribution is -2.47. The van der Waals surface area contributed by atoms with E-state index in [1.54, 1.807) is 85.8 Å². The molecule has 2 aliphatic rings. The molecule has 26 heteroatoms. The maximum absolute atomic E-state index is 14.7. The number of sulfonamides is 2. The first-order chi connectivity index (χ1) is 59.5. The summed E-state index contributed by atoms with van der Waals surface area (Å²) in [5, 5.41) is 6.05. The third-order valence-corrected chi connectivity index (χ3v) is 25.6. The van der Waals surface area contributed by atoms with Gasteiger partial charge < -0.3 is 52.9 Å². The van der Waals surface area contributed by atoms with Gasteiger partial charge in [0.2, 0.25) is 0 Å². The van der Waals surface area contributed by atoms with Gasteiger partial charge >= 0.3 is 5.97 Å². The number of benzene rings is 6. The number of hydrogen-bond acceptors (Lipinski definition) is 18. The van der Waals surface area contributed by atoms with Gasteiger partial charge in [-0.05, 0) is 135 Å². The van der Waals surface area contributed by atoms with Gasteiger partial charge in [-0.15, -0.1) is 0 Å². The maximum atomic E-state index is 14.7. The lowest BCUT2D eigenvalue weighted by Gasteiger charge is -2.33. The Morgan fingerprint density at radius 2 is 0.754 bits per heavy atom. The van der Waals surface area contributed by atoms with Crippen molar-refractivity contribution >= 4 is 72.3 Å². The summed E-state index contributed by atoms with van der Waals surface area (Å²) in [7, 11) is -3.66. The molecule has 0 saturated carbocycles. The molecule has 8 aromatic rings. The molecule has 2 aromatic heterocycles. The van der Waals surface area contributed by atoms with Crippen LogP contribution in [0.5, 0.6) is 34.5 Å². The number of carbonyl (C=O) groups is 3. The zero-order valence-corrected chi connectivity index (χ0v) is 74.8. The van der Waals surface area contributed by atoms with Crippen molar-refractivity contribution in [3.63, 3.8) is 0 Å². The van der Waals surface area contributed by atoms with Crippen LogP contribution < -0.4 is 39.1 Å². The Bertz CT molecular complexity index is 4750. The normalized spacial score (nSPS) is 13.6. The third kappa shape index (κ3) is 30.1. The number of para-hydroxylation sites is 2. The molecule has 2 atom stereocenters. The van der Waals surface area contributed by atoms with Crippen molar-refractivity contribution in [2.45, 2.75) is 268 Å².